The van der Waals surface area contributed by atoms with Gasteiger partial charge in [0.05, 0.1) is 5.69 Å². The Kier molecular flexibility index (Phi) is 7.52. The van der Waals surface area contributed by atoms with E-state index < -0.39 is 0 Å². The molecule has 110 valence electrons. The highest BCUT2D eigenvalue weighted by Crippen LogP contribution is 2.35. The third kappa shape index (κ3) is 3.89. The van der Waals surface area contributed by atoms with E-state index in [9.17, 15) is 5.11 Å². The van der Waals surface area contributed by atoms with Gasteiger partial charge in [-0.3, -0.25) is 4.90 Å². The van der Waals surface area contributed by atoms with Gasteiger partial charge in [0.2, 0.25) is 0 Å². The Balaban J connectivity index is 0.00000162. The quantitative estimate of drug-likeness (QED) is 0.578. The number of nitrogen functional groups attached to an aromatic ring is 1. The molecular formula is C13H23Cl2N3O. The topological polar surface area (TPSA) is 61.5 Å². The number of phenolic OH excluding ortho intramolecular Hbond substituents is 1. The lowest BCUT2D eigenvalue weighted by molar-refractivity contribution is 0.182. The van der Waals surface area contributed by atoms with E-state index in [1.165, 1.54) is 0 Å². The molecule has 1 aliphatic heterocycles. The standard InChI is InChI=1S/C13H21N3O.2ClH/c1-9-3-4-11(14)13(17)12(9)10(2)16-7-5-15-6-8-16;;/h3-4,10,15,17H,5-8,14H2,1-2H3;2*1H/t10-;;/m0../s1. The third-order valence-corrected chi connectivity index (χ3v) is 3.58. The van der Waals surface area contributed by atoms with Crippen LogP contribution in [-0.4, -0.2) is 36.2 Å². The molecule has 0 saturated carbocycles. The minimum Gasteiger partial charge on any atom is -0.505 e. The molecule has 1 aromatic carbocycles. The van der Waals surface area contributed by atoms with Gasteiger partial charge in [-0.05, 0) is 25.5 Å². The van der Waals surface area contributed by atoms with Crippen LogP contribution in [0.25, 0.3) is 0 Å². The maximum absolute atomic E-state index is 10.1. The normalized spacial score (nSPS) is 17.2. The highest BCUT2D eigenvalue weighted by molar-refractivity contribution is 5.85. The smallest absolute Gasteiger partial charge is 0.143 e. The van der Waals surface area contributed by atoms with E-state index in [2.05, 4.69) is 17.1 Å². The molecule has 0 aromatic heterocycles. The van der Waals surface area contributed by atoms with Gasteiger partial charge in [-0.1, -0.05) is 6.07 Å². The maximum atomic E-state index is 10.1. The van der Waals surface area contributed by atoms with Crippen molar-refractivity contribution in [3.8, 4) is 5.75 Å². The molecule has 1 fully saturated rings. The van der Waals surface area contributed by atoms with Crippen molar-refractivity contribution in [1.82, 2.24) is 10.2 Å². The van der Waals surface area contributed by atoms with Crippen LogP contribution in [0, 0.1) is 6.92 Å². The van der Waals surface area contributed by atoms with Gasteiger partial charge in [0.25, 0.3) is 0 Å². The van der Waals surface area contributed by atoms with Gasteiger partial charge < -0.3 is 16.2 Å². The van der Waals surface area contributed by atoms with Gasteiger partial charge >= 0.3 is 0 Å². The van der Waals surface area contributed by atoms with Crippen LogP contribution in [0.1, 0.15) is 24.1 Å². The fraction of sp³-hybridized carbons (Fsp3) is 0.538. The summed E-state index contributed by atoms with van der Waals surface area (Å²) in [5, 5.41) is 13.4. The first-order valence-corrected chi connectivity index (χ1v) is 6.14. The summed E-state index contributed by atoms with van der Waals surface area (Å²) in [6.45, 7) is 8.18. The SMILES string of the molecule is Cc1ccc(N)c(O)c1[C@H](C)N1CCNCC1.Cl.Cl. The molecule has 6 heteroatoms. The lowest BCUT2D eigenvalue weighted by atomic mass is 9.98. The highest BCUT2D eigenvalue weighted by atomic mass is 35.5. The van der Waals surface area contributed by atoms with Crippen molar-refractivity contribution < 1.29 is 5.11 Å². The summed E-state index contributed by atoms with van der Waals surface area (Å²) >= 11 is 0. The molecule has 1 aromatic rings. The van der Waals surface area contributed by atoms with E-state index in [0.29, 0.717) is 5.69 Å². The second-order valence-corrected chi connectivity index (χ2v) is 4.70. The van der Waals surface area contributed by atoms with Crippen LogP contribution in [0.3, 0.4) is 0 Å². The number of hydrogen-bond donors (Lipinski definition) is 3. The summed E-state index contributed by atoms with van der Waals surface area (Å²) < 4.78 is 0. The van der Waals surface area contributed by atoms with Crippen LogP contribution in [0.4, 0.5) is 5.69 Å². The van der Waals surface area contributed by atoms with Crippen molar-refractivity contribution >= 4 is 30.5 Å². The Morgan fingerprint density at radius 2 is 1.84 bits per heavy atom. The molecular weight excluding hydrogens is 285 g/mol. The number of anilines is 1. The minimum atomic E-state index is 0. The Labute approximate surface area is 127 Å². The fourth-order valence-electron chi connectivity index (χ4n) is 2.51. The van der Waals surface area contributed by atoms with Crippen LogP contribution in [0.15, 0.2) is 12.1 Å². The second-order valence-electron chi connectivity index (χ2n) is 4.70. The molecule has 1 atom stereocenters. The van der Waals surface area contributed by atoms with E-state index in [4.69, 9.17) is 5.73 Å². The third-order valence-electron chi connectivity index (χ3n) is 3.58. The highest BCUT2D eigenvalue weighted by Gasteiger charge is 2.22. The molecule has 0 radical (unpaired) electrons. The lowest BCUT2D eigenvalue weighted by Gasteiger charge is -2.34. The summed E-state index contributed by atoms with van der Waals surface area (Å²) in [4.78, 5) is 2.37. The van der Waals surface area contributed by atoms with Crippen LogP contribution in [-0.2, 0) is 0 Å². The molecule has 1 aliphatic rings. The van der Waals surface area contributed by atoms with Gasteiger partial charge in [-0.15, -0.1) is 24.8 Å². The monoisotopic (exact) mass is 307 g/mol. The molecule has 0 unspecified atom stereocenters. The zero-order valence-electron chi connectivity index (χ0n) is 11.3. The van der Waals surface area contributed by atoms with Crippen LogP contribution >= 0.6 is 24.8 Å². The number of piperazine rings is 1. The first-order valence-electron chi connectivity index (χ1n) is 6.14. The average Bonchev–Trinajstić information content (AvgIpc) is 2.35. The van der Waals surface area contributed by atoms with Gasteiger partial charge in [0, 0.05) is 37.8 Å². The van der Waals surface area contributed by atoms with E-state index in [0.717, 1.165) is 37.3 Å². The zero-order valence-corrected chi connectivity index (χ0v) is 13.0. The summed E-state index contributed by atoms with van der Waals surface area (Å²) in [6, 6.07) is 3.95. The first-order chi connectivity index (χ1) is 8.11. The molecule has 4 nitrogen and oxygen atoms in total. The molecule has 0 bridgehead atoms. The van der Waals surface area contributed by atoms with Crippen LogP contribution in [0.2, 0.25) is 0 Å². The number of nitrogens with zero attached hydrogens (tertiary/aromatic N) is 1. The van der Waals surface area contributed by atoms with Crippen LogP contribution < -0.4 is 11.1 Å². The molecule has 4 N–H and O–H groups in total. The molecule has 19 heavy (non-hydrogen) atoms. The number of benzene rings is 1. The molecule has 0 amide bonds. The Morgan fingerprint density at radius 1 is 1.26 bits per heavy atom. The molecule has 0 spiro atoms. The van der Waals surface area contributed by atoms with Gasteiger partial charge in [-0.25, -0.2) is 0 Å². The fourth-order valence-corrected chi connectivity index (χ4v) is 2.51. The summed E-state index contributed by atoms with van der Waals surface area (Å²) in [5.41, 5.74) is 8.31. The summed E-state index contributed by atoms with van der Waals surface area (Å²) in [6.07, 6.45) is 0. The predicted octanol–water partition coefficient (Wildman–Crippen LogP) is 2.09. The molecule has 1 saturated heterocycles. The Hall–Kier alpha value is -0.680. The molecule has 2 rings (SSSR count). The van der Waals surface area contributed by atoms with E-state index in [1.54, 1.807) is 6.07 Å². The predicted molar refractivity (Wildman–Crippen MR) is 84.6 cm³/mol. The lowest BCUT2D eigenvalue weighted by Crippen LogP contribution is -2.44. The second kappa shape index (κ2) is 7.80. The van der Waals surface area contributed by atoms with Crippen molar-refractivity contribution in [2.75, 3.05) is 31.9 Å². The van der Waals surface area contributed by atoms with E-state index >= 15 is 0 Å². The van der Waals surface area contributed by atoms with Crippen molar-refractivity contribution in [2.45, 2.75) is 19.9 Å². The average molecular weight is 308 g/mol. The number of rotatable bonds is 2. The number of halogens is 2. The summed E-state index contributed by atoms with van der Waals surface area (Å²) in [5.74, 6) is 0.246. The maximum Gasteiger partial charge on any atom is 0.143 e. The van der Waals surface area contributed by atoms with Crippen LogP contribution in [0.5, 0.6) is 5.75 Å². The molecule has 1 heterocycles. The zero-order chi connectivity index (χ0) is 12.4. The minimum absolute atomic E-state index is 0. The number of aromatic hydroxyl groups is 1. The Morgan fingerprint density at radius 3 is 2.42 bits per heavy atom. The van der Waals surface area contributed by atoms with Crippen molar-refractivity contribution in [3.05, 3.63) is 23.3 Å². The number of nitrogens with one attached hydrogen (secondary N) is 1. The van der Waals surface area contributed by atoms with Crippen molar-refractivity contribution in [3.63, 3.8) is 0 Å². The number of hydrogen-bond acceptors (Lipinski definition) is 4. The number of aryl methyl sites for hydroxylation is 1. The molecule has 0 aliphatic carbocycles. The Bertz CT molecular complexity index is 409. The van der Waals surface area contributed by atoms with Gasteiger partial charge in [0.15, 0.2) is 0 Å². The van der Waals surface area contributed by atoms with E-state index in [-0.39, 0.29) is 36.6 Å². The summed E-state index contributed by atoms with van der Waals surface area (Å²) in [7, 11) is 0. The van der Waals surface area contributed by atoms with Crippen molar-refractivity contribution in [2.24, 2.45) is 0 Å². The largest absolute Gasteiger partial charge is 0.505 e. The number of nitrogens with two attached hydrogens (primary N) is 1. The van der Waals surface area contributed by atoms with Gasteiger partial charge in [0.1, 0.15) is 5.75 Å². The van der Waals surface area contributed by atoms with Crippen molar-refractivity contribution in [1.29, 1.82) is 0 Å². The number of phenols is 1. The van der Waals surface area contributed by atoms with Gasteiger partial charge in [-0.2, -0.15) is 0 Å². The van der Waals surface area contributed by atoms with E-state index in [1.807, 2.05) is 13.0 Å². The first kappa shape index (κ1) is 18.3.